The van der Waals surface area contributed by atoms with Crippen molar-refractivity contribution in [3.8, 4) is 5.88 Å². The summed E-state index contributed by atoms with van der Waals surface area (Å²) >= 11 is 0. The Hall–Kier alpha value is -4.44. The summed E-state index contributed by atoms with van der Waals surface area (Å²) in [6, 6.07) is 16.0. The van der Waals surface area contributed by atoms with E-state index in [0.29, 0.717) is 34.5 Å². The number of carbonyl (C=O) groups excluding carboxylic acids is 2. The molecule has 0 aliphatic carbocycles. The second-order valence-corrected chi connectivity index (χ2v) is 9.19. The maximum Gasteiger partial charge on any atom is 0.338 e. The van der Waals surface area contributed by atoms with Gasteiger partial charge in [-0.3, -0.25) is 0 Å². The van der Waals surface area contributed by atoms with E-state index in [1.165, 1.54) is 7.11 Å². The Morgan fingerprint density at radius 2 is 1.61 bits per heavy atom. The molecule has 1 aliphatic heterocycles. The molecule has 10 nitrogen and oxygen atoms in total. The third kappa shape index (κ3) is 5.16. The minimum Gasteiger partial charge on any atom is -0.480 e. The van der Waals surface area contributed by atoms with Crippen LogP contribution in [0.4, 0.5) is 5.95 Å². The van der Waals surface area contributed by atoms with Gasteiger partial charge in [0.1, 0.15) is 25.0 Å². The number of hydrogen-bond acceptors (Lipinski definition) is 9. The average molecular weight is 517 g/mol. The highest BCUT2D eigenvalue weighted by molar-refractivity contribution is 5.90. The van der Waals surface area contributed by atoms with Crippen molar-refractivity contribution in [2.24, 2.45) is 0 Å². The van der Waals surface area contributed by atoms with E-state index >= 15 is 0 Å². The van der Waals surface area contributed by atoms with Crippen LogP contribution in [0.1, 0.15) is 44.5 Å². The van der Waals surface area contributed by atoms with Crippen molar-refractivity contribution in [1.29, 1.82) is 0 Å². The molecule has 4 aromatic rings. The number of hydrogen-bond donors (Lipinski definition) is 1. The first-order chi connectivity index (χ1) is 18.3. The van der Waals surface area contributed by atoms with Crippen LogP contribution in [-0.2, 0) is 14.2 Å². The van der Waals surface area contributed by atoms with Crippen LogP contribution in [0.2, 0.25) is 0 Å². The summed E-state index contributed by atoms with van der Waals surface area (Å²) in [4.78, 5) is 34.1. The number of fused-ring (bicyclic) bond motifs is 1. The number of aryl methyl sites for hydroxylation is 2. The van der Waals surface area contributed by atoms with Crippen LogP contribution in [0.3, 0.4) is 0 Å². The summed E-state index contributed by atoms with van der Waals surface area (Å²) in [7, 11) is 1.50. The molecule has 196 valence electrons. The van der Waals surface area contributed by atoms with E-state index in [4.69, 9.17) is 24.7 Å². The van der Waals surface area contributed by atoms with Gasteiger partial charge in [-0.25, -0.2) is 9.59 Å². The molecule has 2 N–H and O–H groups in total. The van der Waals surface area contributed by atoms with Gasteiger partial charge in [-0.1, -0.05) is 35.4 Å². The number of nitrogen functional groups attached to an aromatic ring is 1. The lowest BCUT2D eigenvalue weighted by atomic mass is 10.1. The van der Waals surface area contributed by atoms with Crippen molar-refractivity contribution in [2.75, 3.05) is 19.5 Å². The Bertz CT molecular complexity index is 1470. The average Bonchev–Trinajstić information content (AvgIpc) is 3.51. The molecule has 3 atom stereocenters. The highest BCUT2D eigenvalue weighted by atomic mass is 16.6. The Kier molecular flexibility index (Phi) is 6.97. The number of carbonyl (C=O) groups is 2. The molecule has 1 fully saturated rings. The molecule has 0 saturated carbocycles. The fourth-order valence-corrected chi connectivity index (χ4v) is 4.38. The van der Waals surface area contributed by atoms with Gasteiger partial charge >= 0.3 is 11.9 Å². The van der Waals surface area contributed by atoms with Gasteiger partial charge in [-0.05, 0) is 44.2 Å². The van der Waals surface area contributed by atoms with E-state index < -0.39 is 30.4 Å². The predicted octanol–water partition coefficient (Wildman–Crippen LogP) is 4.01. The number of methoxy groups -OCH3 is 1. The SMILES string of the molecule is COc1nc(N)nc2c1ccn2[C@H]1CC(OC(=O)c2ccc(C)cc2)[C@@H](COC(=O)c2ccc(C)cc2)O1. The number of nitrogens with two attached hydrogens (primary N) is 1. The van der Waals surface area contributed by atoms with Crippen molar-refractivity contribution < 1.29 is 28.5 Å². The monoisotopic (exact) mass is 516 g/mol. The molecule has 10 heteroatoms. The van der Waals surface area contributed by atoms with E-state index in [9.17, 15) is 9.59 Å². The topological polar surface area (TPSA) is 128 Å². The van der Waals surface area contributed by atoms with E-state index in [0.717, 1.165) is 11.1 Å². The quantitative estimate of drug-likeness (QED) is 0.362. The molecule has 0 amide bonds. The van der Waals surface area contributed by atoms with Gasteiger partial charge in [-0.2, -0.15) is 9.97 Å². The second-order valence-electron chi connectivity index (χ2n) is 9.19. The number of nitrogens with zero attached hydrogens (tertiary/aromatic N) is 3. The van der Waals surface area contributed by atoms with Gasteiger partial charge in [-0.15, -0.1) is 0 Å². The van der Waals surface area contributed by atoms with Crippen molar-refractivity contribution in [2.45, 2.75) is 38.7 Å². The first-order valence-corrected chi connectivity index (χ1v) is 12.2. The first-order valence-electron chi connectivity index (χ1n) is 12.2. The fourth-order valence-electron chi connectivity index (χ4n) is 4.38. The molecule has 1 aliphatic rings. The van der Waals surface area contributed by atoms with Gasteiger partial charge in [0.25, 0.3) is 0 Å². The molecule has 0 bridgehead atoms. The van der Waals surface area contributed by atoms with Crippen LogP contribution in [0.5, 0.6) is 5.88 Å². The van der Waals surface area contributed by atoms with E-state index in [2.05, 4.69) is 9.97 Å². The maximum absolute atomic E-state index is 12.9. The standard InChI is InChI=1S/C28H28N4O6/c1-16-4-8-18(9-5-16)26(33)36-15-22-21(38-27(34)19-10-6-17(2)7-11-19)14-23(37-22)32-13-12-20-24(32)30-28(29)31-25(20)35-3/h4-13,21-23H,14-15H2,1-3H3,(H2,29,30,31)/t21?,22-,23-/m1/s1. The molecule has 3 heterocycles. The largest absolute Gasteiger partial charge is 0.480 e. The lowest BCUT2D eigenvalue weighted by Crippen LogP contribution is -2.32. The molecule has 5 rings (SSSR count). The molecule has 1 saturated heterocycles. The second kappa shape index (κ2) is 10.5. The summed E-state index contributed by atoms with van der Waals surface area (Å²) in [6.07, 6.45) is 0.136. The molecule has 2 aromatic carbocycles. The lowest BCUT2D eigenvalue weighted by molar-refractivity contribution is -0.0562. The third-order valence-corrected chi connectivity index (χ3v) is 6.45. The maximum atomic E-state index is 12.9. The zero-order valence-corrected chi connectivity index (χ0v) is 21.3. The molecular weight excluding hydrogens is 488 g/mol. The van der Waals surface area contributed by atoms with E-state index in [1.807, 2.05) is 38.1 Å². The molecule has 2 aromatic heterocycles. The summed E-state index contributed by atoms with van der Waals surface area (Å²) < 4.78 is 24.8. The number of anilines is 1. The van der Waals surface area contributed by atoms with Crippen molar-refractivity contribution >= 4 is 28.9 Å². The van der Waals surface area contributed by atoms with E-state index in [-0.39, 0.29) is 12.6 Å². The normalized spacial score (nSPS) is 18.9. The van der Waals surface area contributed by atoms with Crippen LogP contribution in [0.15, 0.2) is 60.8 Å². The Morgan fingerprint density at radius 1 is 0.974 bits per heavy atom. The number of ether oxygens (including phenoxy) is 4. The molecule has 38 heavy (non-hydrogen) atoms. The highest BCUT2D eigenvalue weighted by Gasteiger charge is 2.40. The van der Waals surface area contributed by atoms with Crippen LogP contribution < -0.4 is 10.5 Å². The van der Waals surface area contributed by atoms with Gasteiger partial charge in [0.15, 0.2) is 5.65 Å². The lowest BCUT2D eigenvalue weighted by Gasteiger charge is -2.19. The van der Waals surface area contributed by atoms with Crippen molar-refractivity contribution in [3.63, 3.8) is 0 Å². The summed E-state index contributed by atoms with van der Waals surface area (Å²) in [6.45, 7) is 3.78. The van der Waals surface area contributed by atoms with Gasteiger partial charge < -0.3 is 29.2 Å². The summed E-state index contributed by atoms with van der Waals surface area (Å²) in [5.41, 5.74) is 9.31. The first kappa shape index (κ1) is 25.2. The Balaban J connectivity index is 1.38. The van der Waals surface area contributed by atoms with Gasteiger partial charge in [0, 0.05) is 12.6 Å². The molecule has 0 radical (unpaired) electrons. The van der Waals surface area contributed by atoms with E-state index in [1.54, 1.807) is 41.1 Å². The minimum absolute atomic E-state index is 0.0539. The number of rotatable bonds is 7. The molecule has 1 unspecified atom stereocenters. The van der Waals surface area contributed by atoms with Crippen molar-refractivity contribution in [1.82, 2.24) is 14.5 Å². The third-order valence-electron chi connectivity index (χ3n) is 6.45. The van der Waals surface area contributed by atoms with Gasteiger partial charge in [0.05, 0.1) is 23.6 Å². The zero-order chi connectivity index (χ0) is 26.8. The zero-order valence-electron chi connectivity index (χ0n) is 21.3. The fraction of sp³-hybridized carbons (Fsp3) is 0.286. The highest BCUT2D eigenvalue weighted by Crippen LogP contribution is 2.35. The van der Waals surface area contributed by atoms with Crippen LogP contribution >= 0.6 is 0 Å². The molecule has 0 spiro atoms. The number of aromatic nitrogens is 3. The smallest absolute Gasteiger partial charge is 0.338 e. The summed E-state index contributed by atoms with van der Waals surface area (Å²) in [5, 5.41) is 0.660. The van der Waals surface area contributed by atoms with Crippen LogP contribution in [-0.4, -0.2) is 52.4 Å². The molecular formula is C28H28N4O6. The van der Waals surface area contributed by atoms with Crippen molar-refractivity contribution in [3.05, 3.63) is 83.0 Å². The van der Waals surface area contributed by atoms with Crippen LogP contribution in [0, 0.1) is 13.8 Å². The number of benzene rings is 2. The Labute approximate surface area is 219 Å². The summed E-state index contributed by atoms with van der Waals surface area (Å²) in [5.74, 6) is -0.578. The Morgan fingerprint density at radius 3 is 2.24 bits per heavy atom. The predicted molar refractivity (Wildman–Crippen MR) is 139 cm³/mol. The number of esters is 2. The minimum atomic E-state index is -0.706. The van der Waals surface area contributed by atoms with Crippen LogP contribution in [0.25, 0.3) is 11.0 Å². The van der Waals surface area contributed by atoms with Gasteiger partial charge in [0.2, 0.25) is 11.8 Å².